The first-order valence-electron chi connectivity index (χ1n) is 5.01. The lowest BCUT2D eigenvalue weighted by Crippen LogP contribution is -2.25. The highest BCUT2D eigenvalue weighted by Crippen LogP contribution is 2.31. The largest absolute Gasteiger partial charge is 0.484 e. The van der Waals surface area contributed by atoms with Gasteiger partial charge < -0.3 is 10.1 Å². The van der Waals surface area contributed by atoms with Crippen LogP contribution in [0.3, 0.4) is 0 Å². The number of ketones is 1. The van der Waals surface area contributed by atoms with E-state index in [1.165, 1.54) is 6.92 Å². The van der Waals surface area contributed by atoms with Crippen LogP contribution in [0.4, 0.5) is 0 Å². The molecule has 0 saturated heterocycles. The Morgan fingerprint density at radius 1 is 1.56 bits per heavy atom. The Labute approximate surface area is 115 Å². The Morgan fingerprint density at radius 3 is 2.78 bits per heavy atom. The van der Waals surface area contributed by atoms with Gasteiger partial charge in [-0.25, -0.2) is 0 Å². The van der Waals surface area contributed by atoms with E-state index in [1.807, 2.05) is 0 Å². The minimum Gasteiger partial charge on any atom is -0.484 e. The van der Waals surface area contributed by atoms with Gasteiger partial charge in [0.2, 0.25) is 0 Å². The summed E-state index contributed by atoms with van der Waals surface area (Å²) < 4.78 is 5.20. The molecule has 0 aromatic heterocycles. The van der Waals surface area contributed by atoms with Crippen molar-refractivity contribution in [1.82, 2.24) is 0 Å². The summed E-state index contributed by atoms with van der Waals surface area (Å²) in [5.74, 6) is -1.29. The van der Waals surface area contributed by atoms with Crippen LogP contribution in [-0.2, 0) is 4.79 Å². The van der Waals surface area contributed by atoms with Crippen molar-refractivity contribution >= 4 is 34.7 Å². The van der Waals surface area contributed by atoms with E-state index in [0.717, 1.165) is 0 Å². The lowest BCUT2D eigenvalue weighted by molar-refractivity contribution is -0.121. The Hall–Kier alpha value is -1.57. The Kier molecular flexibility index (Phi) is 5.14. The van der Waals surface area contributed by atoms with E-state index in [2.05, 4.69) is 0 Å². The fourth-order valence-electron chi connectivity index (χ4n) is 1.24. The quantitative estimate of drug-likeness (QED) is 0.844. The van der Waals surface area contributed by atoms with Crippen LogP contribution in [0.15, 0.2) is 18.2 Å². The molecule has 0 aliphatic carbocycles. The standard InChI is InChI=1S/C12H10Cl2N2O2/c1-7(16)8(5-15)10(17)6-18-11-4-2-3-9(13)12(11)14/h2-4,8,16H,6H2,1H3. The number of rotatable bonds is 5. The van der Waals surface area contributed by atoms with E-state index in [9.17, 15) is 4.79 Å². The second-order valence-electron chi connectivity index (χ2n) is 3.55. The highest BCUT2D eigenvalue weighted by molar-refractivity contribution is 6.42. The molecule has 0 spiro atoms. The van der Waals surface area contributed by atoms with Crippen LogP contribution in [0.5, 0.6) is 5.75 Å². The van der Waals surface area contributed by atoms with Gasteiger partial charge >= 0.3 is 0 Å². The molecule has 0 heterocycles. The van der Waals surface area contributed by atoms with Crippen LogP contribution < -0.4 is 4.74 Å². The van der Waals surface area contributed by atoms with E-state index >= 15 is 0 Å². The number of hydrogen-bond donors (Lipinski definition) is 1. The third-order valence-electron chi connectivity index (χ3n) is 2.17. The minimum atomic E-state index is -1.08. The van der Waals surface area contributed by atoms with E-state index in [-0.39, 0.29) is 23.1 Å². The van der Waals surface area contributed by atoms with Crippen LogP contribution >= 0.6 is 23.2 Å². The zero-order valence-electron chi connectivity index (χ0n) is 9.54. The smallest absolute Gasteiger partial charge is 0.192 e. The molecule has 1 aromatic rings. The van der Waals surface area contributed by atoms with Crippen molar-refractivity contribution < 1.29 is 9.53 Å². The Morgan fingerprint density at radius 2 is 2.22 bits per heavy atom. The molecule has 4 nitrogen and oxygen atoms in total. The SMILES string of the molecule is CC(=N)C(C#N)C(=O)COc1cccc(Cl)c1Cl. The predicted molar refractivity (Wildman–Crippen MR) is 69.5 cm³/mol. The van der Waals surface area contributed by atoms with Crippen LogP contribution in [0.25, 0.3) is 0 Å². The molecule has 0 saturated carbocycles. The van der Waals surface area contributed by atoms with Crippen molar-refractivity contribution in [3.63, 3.8) is 0 Å². The van der Waals surface area contributed by atoms with Gasteiger partial charge in [0.25, 0.3) is 0 Å². The maximum absolute atomic E-state index is 11.6. The summed E-state index contributed by atoms with van der Waals surface area (Å²) in [6, 6.07) is 6.55. The molecule has 0 fully saturated rings. The molecule has 1 atom stereocenters. The predicted octanol–water partition coefficient (Wildman–Crippen LogP) is 3.12. The number of nitrogens with zero attached hydrogens (tertiary/aromatic N) is 1. The van der Waals surface area contributed by atoms with Crippen molar-refractivity contribution in [3.05, 3.63) is 28.2 Å². The number of hydrogen-bond acceptors (Lipinski definition) is 4. The molecule has 1 N–H and O–H groups in total. The molecule has 6 heteroatoms. The molecule has 1 rings (SSSR count). The van der Waals surface area contributed by atoms with E-state index in [1.54, 1.807) is 24.3 Å². The van der Waals surface area contributed by atoms with Crippen molar-refractivity contribution in [2.24, 2.45) is 5.92 Å². The summed E-state index contributed by atoms with van der Waals surface area (Å²) in [6.45, 7) is 1.08. The topological polar surface area (TPSA) is 73.9 Å². The number of carbonyl (C=O) groups is 1. The van der Waals surface area contributed by atoms with E-state index in [0.29, 0.717) is 5.02 Å². The zero-order chi connectivity index (χ0) is 13.7. The van der Waals surface area contributed by atoms with Gasteiger partial charge in [-0.1, -0.05) is 29.3 Å². The molecule has 0 bridgehead atoms. The van der Waals surface area contributed by atoms with Crippen LogP contribution in [-0.4, -0.2) is 18.1 Å². The molecule has 1 unspecified atom stereocenters. The lowest BCUT2D eigenvalue weighted by atomic mass is 10.0. The second kappa shape index (κ2) is 6.39. The Balaban J connectivity index is 2.72. The summed E-state index contributed by atoms with van der Waals surface area (Å²) in [5.41, 5.74) is -0.0108. The van der Waals surface area contributed by atoms with Gasteiger partial charge in [0.1, 0.15) is 23.3 Å². The highest BCUT2D eigenvalue weighted by Gasteiger charge is 2.20. The summed E-state index contributed by atoms with van der Waals surface area (Å²) in [4.78, 5) is 11.6. The summed E-state index contributed by atoms with van der Waals surface area (Å²) in [7, 11) is 0. The number of carbonyl (C=O) groups excluding carboxylic acids is 1. The third kappa shape index (κ3) is 3.46. The second-order valence-corrected chi connectivity index (χ2v) is 4.34. The van der Waals surface area contributed by atoms with Crippen LogP contribution in [0.1, 0.15) is 6.92 Å². The van der Waals surface area contributed by atoms with Crippen molar-refractivity contribution in [1.29, 1.82) is 10.7 Å². The van der Waals surface area contributed by atoms with Gasteiger partial charge in [0, 0.05) is 5.71 Å². The van der Waals surface area contributed by atoms with Gasteiger partial charge in [-0.05, 0) is 19.1 Å². The summed E-state index contributed by atoms with van der Waals surface area (Å²) >= 11 is 11.7. The third-order valence-corrected chi connectivity index (χ3v) is 2.97. The fourth-order valence-corrected chi connectivity index (χ4v) is 1.58. The first-order chi connectivity index (χ1) is 8.47. The molecule has 0 radical (unpaired) electrons. The van der Waals surface area contributed by atoms with Gasteiger partial charge in [-0.3, -0.25) is 4.79 Å². The first kappa shape index (κ1) is 14.5. The number of halogens is 2. The van der Waals surface area contributed by atoms with Crippen LogP contribution in [0, 0.1) is 22.7 Å². The molecule has 0 amide bonds. The van der Waals surface area contributed by atoms with Crippen molar-refractivity contribution in [3.8, 4) is 11.8 Å². The molecular formula is C12H10Cl2N2O2. The van der Waals surface area contributed by atoms with Gasteiger partial charge in [0.15, 0.2) is 5.78 Å². The number of ether oxygens (including phenoxy) is 1. The van der Waals surface area contributed by atoms with Gasteiger partial charge in [-0.2, -0.15) is 5.26 Å². The summed E-state index contributed by atoms with van der Waals surface area (Å²) in [5, 5.41) is 16.6. The van der Waals surface area contributed by atoms with E-state index < -0.39 is 11.7 Å². The summed E-state index contributed by atoms with van der Waals surface area (Å²) in [6.07, 6.45) is 0. The van der Waals surface area contributed by atoms with Crippen molar-refractivity contribution in [2.75, 3.05) is 6.61 Å². The molecule has 0 aliphatic heterocycles. The molecule has 18 heavy (non-hydrogen) atoms. The highest BCUT2D eigenvalue weighted by atomic mass is 35.5. The first-order valence-corrected chi connectivity index (χ1v) is 5.77. The van der Waals surface area contributed by atoms with Crippen LogP contribution in [0.2, 0.25) is 10.0 Å². The monoisotopic (exact) mass is 284 g/mol. The number of benzene rings is 1. The zero-order valence-corrected chi connectivity index (χ0v) is 11.0. The number of Topliss-reactive ketones (excluding diaryl/α,β-unsaturated/α-hetero) is 1. The maximum Gasteiger partial charge on any atom is 0.192 e. The average molecular weight is 285 g/mol. The Bertz CT molecular complexity index is 523. The maximum atomic E-state index is 11.6. The lowest BCUT2D eigenvalue weighted by Gasteiger charge is -2.10. The fraction of sp³-hybridized carbons (Fsp3) is 0.250. The average Bonchev–Trinajstić information content (AvgIpc) is 2.31. The minimum absolute atomic E-state index is 0.0108. The molecule has 94 valence electrons. The molecule has 1 aromatic carbocycles. The normalized spacial score (nSPS) is 11.4. The molecular weight excluding hydrogens is 275 g/mol. The van der Waals surface area contributed by atoms with E-state index in [4.69, 9.17) is 38.6 Å². The number of nitriles is 1. The van der Waals surface area contributed by atoms with Crippen molar-refractivity contribution in [2.45, 2.75) is 6.92 Å². The van der Waals surface area contributed by atoms with Gasteiger partial charge in [-0.15, -0.1) is 0 Å². The van der Waals surface area contributed by atoms with Gasteiger partial charge in [0.05, 0.1) is 11.1 Å². The molecule has 0 aliphatic rings. The number of nitrogens with one attached hydrogen (secondary N) is 1.